The Morgan fingerprint density at radius 3 is 2.12 bits per heavy atom. The van der Waals surface area contributed by atoms with Gasteiger partial charge in [0.05, 0.1) is 16.1 Å². The molecule has 0 saturated heterocycles. The molecule has 5 heteroatoms. The molecular formula is C20H13Cl2NO2. The first-order chi connectivity index (χ1) is 12.1. The van der Waals surface area contributed by atoms with E-state index in [1.807, 2.05) is 48.5 Å². The number of carbonyl (C=O) groups is 1. The third-order valence-electron chi connectivity index (χ3n) is 4.07. The van der Waals surface area contributed by atoms with Gasteiger partial charge in [-0.15, -0.1) is 0 Å². The van der Waals surface area contributed by atoms with Crippen molar-refractivity contribution in [2.24, 2.45) is 0 Å². The quantitative estimate of drug-likeness (QED) is 0.455. The normalized spacial score (nSPS) is 11.1. The van der Waals surface area contributed by atoms with E-state index >= 15 is 0 Å². The Morgan fingerprint density at radius 2 is 1.48 bits per heavy atom. The van der Waals surface area contributed by atoms with Gasteiger partial charge >= 0.3 is 0 Å². The van der Waals surface area contributed by atoms with E-state index in [2.05, 4.69) is 0 Å². The average molecular weight is 370 g/mol. The van der Waals surface area contributed by atoms with Crippen molar-refractivity contribution in [1.29, 1.82) is 0 Å². The molecule has 0 N–H and O–H groups in total. The predicted octanol–water partition coefficient (Wildman–Crippen LogP) is 5.82. The van der Waals surface area contributed by atoms with E-state index in [4.69, 9.17) is 27.9 Å². The molecule has 4 aromatic rings. The number of carbonyl (C=O) groups excluding carboxylic acids is 1. The van der Waals surface area contributed by atoms with E-state index in [0.29, 0.717) is 15.8 Å². The topological polar surface area (TPSA) is 31.2 Å². The number of fused-ring (bicyclic) bond motifs is 3. The molecule has 124 valence electrons. The van der Waals surface area contributed by atoms with Crippen molar-refractivity contribution >= 4 is 50.9 Å². The molecule has 1 heterocycles. The number of rotatable bonds is 3. The van der Waals surface area contributed by atoms with E-state index in [1.54, 1.807) is 22.8 Å². The fourth-order valence-corrected chi connectivity index (χ4v) is 3.32. The lowest BCUT2D eigenvalue weighted by Gasteiger charge is -2.10. The molecule has 0 saturated carbocycles. The lowest BCUT2D eigenvalue weighted by molar-refractivity contribution is 0.0848. The molecule has 1 aromatic heterocycles. The first kappa shape index (κ1) is 16.0. The number of benzene rings is 3. The van der Waals surface area contributed by atoms with Gasteiger partial charge in [0, 0.05) is 21.9 Å². The van der Waals surface area contributed by atoms with Crippen LogP contribution in [0, 0.1) is 0 Å². The van der Waals surface area contributed by atoms with E-state index in [0.717, 1.165) is 21.8 Å². The molecule has 0 fully saturated rings. The second kappa shape index (κ2) is 6.43. The Hall–Kier alpha value is -2.49. The number of para-hydroxylation sites is 2. The van der Waals surface area contributed by atoms with Crippen molar-refractivity contribution in [1.82, 2.24) is 4.57 Å². The number of halogens is 2. The van der Waals surface area contributed by atoms with Crippen LogP contribution in [0.4, 0.5) is 0 Å². The van der Waals surface area contributed by atoms with Crippen LogP contribution in [0.15, 0.2) is 66.7 Å². The highest BCUT2D eigenvalue weighted by atomic mass is 35.5. The highest BCUT2D eigenvalue weighted by Gasteiger charge is 2.16. The molecule has 0 atom stereocenters. The zero-order valence-electron chi connectivity index (χ0n) is 13.1. The lowest BCUT2D eigenvalue weighted by atomic mass is 10.2. The first-order valence-corrected chi connectivity index (χ1v) is 8.50. The van der Waals surface area contributed by atoms with Crippen LogP contribution in [0.3, 0.4) is 0 Å². The molecular weight excluding hydrogens is 357 g/mol. The minimum atomic E-state index is -0.173. The van der Waals surface area contributed by atoms with Crippen LogP contribution in [0.1, 0.15) is 4.79 Å². The van der Waals surface area contributed by atoms with Crippen LogP contribution in [0.2, 0.25) is 10.0 Å². The second-order valence-electron chi connectivity index (χ2n) is 5.63. The fraction of sp³-hybridized carbons (Fsp3) is 0.0500. The molecule has 0 aliphatic rings. The maximum Gasteiger partial charge on any atom is 0.269 e. The van der Waals surface area contributed by atoms with Crippen LogP contribution in [-0.4, -0.2) is 17.1 Å². The Balaban J connectivity index is 1.73. The molecule has 0 aliphatic carbocycles. The van der Waals surface area contributed by atoms with Crippen LogP contribution >= 0.6 is 23.2 Å². The van der Waals surface area contributed by atoms with Gasteiger partial charge in [0.15, 0.2) is 6.61 Å². The number of nitrogens with zero attached hydrogens (tertiary/aromatic N) is 1. The third kappa shape index (κ3) is 2.86. The average Bonchev–Trinajstić information content (AvgIpc) is 2.97. The Labute approximate surface area is 154 Å². The lowest BCUT2D eigenvalue weighted by Crippen LogP contribution is -2.19. The highest BCUT2D eigenvalue weighted by molar-refractivity contribution is 6.34. The van der Waals surface area contributed by atoms with Gasteiger partial charge in [-0.05, 0) is 24.3 Å². The van der Waals surface area contributed by atoms with Crippen LogP contribution in [-0.2, 0) is 0 Å². The van der Waals surface area contributed by atoms with Crippen molar-refractivity contribution in [3.05, 3.63) is 76.8 Å². The minimum absolute atomic E-state index is 0.136. The first-order valence-electron chi connectivity index (χ1n) is 7.74. The molecule has 4 rings (SSSR count). The monoisotopic (exact) mass is 369 g/mol. The smallest absolute Gasteiger partial charge is 0.269 e. The van der Waals surface area contributed by atoms with Crippen molar-refractivity contribution in [2.75, 3.05) is 6.61 Å². The van der Waals surface area contributed by atoms with E-state index < -0.39 is 0 Å². The van der Waals surface area contributed by atoms with Crippen molar-refractivity contribution < 1.29 is 9.53 Å². The van der Waals surface area contributed by atoms with Gasteiger partial charge in [0.2, 0.25) is 0 Å². The maximum atomic E-state index is 12.9. The number of aromatic nitrogens is 1. The highest BCUT2D eigenvalue weighted by Crippen LogP contribution is 2.30. The summed E-state index contributed by atoms with van der Waals surface area (Å²) >= 11 is 12.1. The van der Waals surface area contributed by atoms with Gasteiger partial charge in [-0.25, -0.2) is 0 Å². The summed E-state index contributed by atoms with van der Waals surface area (Å²) in [6, 6.07) is 20.6. The van der Waals surface area contributed by atoms with Gasteiger partial charge in [-0.1, -0.05) is 59.6 Å². The Bertz CT molecular complexity index is 1050. The van der Waals surface area contributed by atoms with Crippen LogP contribution in [0.5, 0.6) is 5.75 Å². The molecule has 0 amide bonds. The molecule has 25 heavy (non-hydrogen) atoms. The molecule has 0 unspecified atom stereocenters. The second-order valence-corrected chi connectivity index (χ2v) is 6.47. The van der Waals surface area contributed by atoms with E-state index in [-0.39, 0.29) is 12.5 Å². The summed E-state index contributed by atoms with van der Waals surface area (Å²) in [5.41, 5.74) is 1.71. The van der Waals surface area contributed by atoms with Gasteiger partial charge in [0.25, 0.3) is 5.91 Å². The molecule has 0 bridgehead atoms. The molecule has 0 radical (unpaired) electrons. The molecule has 0 spiro atoms. The summed E-state index contributed by atoms with van der Waals surface area (Å²) in [6.07, 6.45) is 0. The molecule has 3 aromatic carbocycles. The van der Waals surface area contributed by atoms with Crippen molar-refractivity contribution in [2.45, 2.75) is 0 Å². The van der Waals surface area contributed by atoms with E-state index in [1.165, 1.54) is 0 Å². The van der Waals surface area contributed by atoms with E-state index in [9.17, 15) is 4.79 Å². The van der Waals surface area contributed by atoms with Gasteiger partial charge in [-0.2, -0.15) is 0 Å². The Kier molecular flexibility index (Phi) is 4.12. The minimum Gasteiger partial charge on any atom is -0.482 e. The summed E-state index contributed by atoms with van der Waals surface area (Å²) in [7, 11) is 0. The molecule has 0 aliphatic heterocycles. The SMILES string of the molecule is O=C(COc1cc(Cl)ccc1Cl)n1c2ccccc2c2ccccc21. The number of hydrogen-bond donors (Lipinski definition) is 0. The zero-order chi connectivity index (χ0) is 17.4. The van der Waals surface area contributed by atoms with Crippen LogP contribution in [0.25, 0.3) is 21.8 Å². The van der Waals surface area contributed by atoms with Crippen molar-refractivity contribution in [3.63, 3.8) is 0 Å². The summed E-state index contributed by atoms with van der Waals surface area (Å²) in [6.45, 7) is -0.136. The number of ether oxygens (including phenoxy) is 1. The largest absolute Gasteiger partial charge is 0.482 e. The predicted molar refractivity (Wildman–Crippen MR) is 102 cm³/mol. The number of hydrogen-bond acceptors (Lipinski definition) is 2. The maximum absolute atomic E-state index is 12.9. The summed E-state index contributed by atoms with van der Waals surface area (Å²) in [5.74, 6) is 0.219. The standard InChI is InChI=1S/C20H13Cl2NO2/c21-13-9-10-16(22)19(11-13)25-12-20(24)23-17-7-3-1-5-14(17)15-6-2-4-8-18(15)23/h1-11H,12H2. The Morgan fingerprint density at radius 1 is 0.880 bits per heavy atom. The van der Waals surface area contributed by atoms with Crippen molar-refractivity contribution in [3.8, 4) is 5.75 Å². The summed E-state index contributed by atoms with van der Waals surface area (Å²) in [5, 5.41) is 2.99. The van der Waals surface area contributed by atoms with Gasteiger partial charge < -0.3 is 4.74 Å². The summed E-state index contributed by atoms with van der Waals surface area (Å²) < 4.78 is 7.30. The fourth-order valence-electron chi connectivity index (χ4n) is 2.98. The zero-order valence-corrected chi connectivity index (χ0v) is 14.6. The van der Waals surface area contributed by atoms with Gasteiger partial charge in [-0.3, -0.25) is 9.36 Å². The third-order valence-corrected chi connectivity index (χ3v) is 4.62. The van der Waals surface area contributed by atoms with Gasteiger partial charge in [0.1, 0.15) is 5.75 Å². The van der Waals surface area contributed by atoms with Crippen LogP contribution < -0.4 is 4.74 Å². The summed E-state index contributed by atoms with van der Waals surface area (Å²) in [4.78, 5) is 12.9. The molecule has 3 nitrogen and oxygen atoms in total.